The maximum absolute atomic E-state index is 12.5. The lowest BCUT2D eigenvalue weighted by molar-refractivity contribution is 0.463. The van der Waals surface area contributed by atoms with Crippen LogP contribution in [0.15, 0.2) is 20.0 Å². The van der Waals surface area contributed by atoms with Crippen molar-refractivity contribution in [1.29, 1.82) is 0 Å². The van der Waals surface area contributed by atoms with Gasteiger partial charge in [-0.2, -0.15) is 11.8 Å². The van der Waals surface area contributed by atoms with Gasteiger partial charge in [0.25, 0.3) is 0 Å². The van der Waals surface area contributed by atoms with Crippen molar-refractivity contribution in [3.05, 3.63) is 16.5 Å². The van der Waals surface area contributed by atoms with Gasteiger partial charge >= 0.3 is 0 Å². The van der Waals surface area contributed by atoms with E-state index in [1.807, 2.05) is 13.2 Å². The Morgan fingerprint density at radius 2 is 2.24 bits per heavy atom. The van der Waals surface area contributed by atoms with Crippen molar-refractivity contribution in [2.75, 3.05) is 12.8 Å². The van der Waals surface area contributed by atoms with Gasteiger partial charge < -0.3 is 9.73 Å². The minimum atomic E-state index is -3.55. The Hall–Kier alpha value is -0.0200. The average Bonchev–Trinajstić information content (AvgIpc) is 3.02. The molecule has 2 N–H and O–H groups in total. The zero-order valence-electron chi connectivity index (χ0n) is 12.2. The molecule has 0 radical (unpaired) electrons. The second-order valence-corrected chi connectivity index (χ2v) is 8.54. The Morgan fingerprint density at radius 3 is 2.90 bits per heavy atom. The molecule has 1 saturated carbocycles. The van der Waals surface area contributed by atoms with E-state index < -0.39 is 10.0 Å². The number of nitrogens with one attached hydrogen (secondary N) is 2. The molecule has 1 fully saturated rings. The minimum Gasteiger partial charge on any atom is -0.452 e. The van der Waals surface area contributed by atoms with Crippen molar-refractivity contribution < 1.29 is 12.8 Å². The molecule has 0 bridgehead atoms. The van der Waals surface area contributed by atoms with Gasteiger partial charge in [0.05, 0.1) is 6.54 Å². The zero-order chi connectivity index (χ0) is 15.5. The van der Waals surface area contributed by atoms with Gasteiger partial charge in [-0.1, -0.05) is 13.3 Å². The van der Waals surface area contributed by atoms with E-state index in [0.29, 0.717) is 17.6 Å². The van der Waals surface area contributed by atoms with Crippen LogP contribution < -0.4 is 10.0 Å². The number of furan rings is 1. The number of halogens is 1. The minimum absolute atomic E-state index is 0.00372. The van der Waals surface area contributed by atoms with Crippen LogP contribution in [0, 0.1) is 0 Å². The van der Waals surface area contributed by atoms with E-state index in [9.17, 15) is 8.42 Å². The predicted molar refractivity (Wildman–Crippen MR) is 89.1 cm³/mol. The second-order valence-electron chi connectivity index (χ2n) is 5.06. The van der Waals surface area contributed by atoms with Crippen LogP contribution in [0.5, 0.6) is 0 Å². The summed E-state index contributed by atoms with van der Waals surface area (Å²) in [6.07, 6.45) is 5.05. The van der Waals surface area contributed by atoms with Gasteiger partial charge in [-0.3, -0.25) is 0 Å². The third kappa shape index (κ3) is 4.25. The molecule has 1 aromatic rings. The molecular weight excluding hydrogens is 376 g/mol. The molecule has 0 saturated heterocycles. The van der Waals surface area contributed by atoms with E-state index in [-0.39, 0.29) is 15.6 Å². The fourth-order valence-corrected chi connectivity index (χ4v) is 5.85. The van der Waals surface area contributed by atoms with E-state index in [0.717, 1.165) is 25.8 Å². The standard InChI is InChI=1S/C13H21BrN2O3S2/c1-3-15-8-9-7-12(13(14)19-9)21(17,18)16-10-5-4-6-11(10)20-2/h7,10-11,15-16H,3-6,8H2,1-2H3. The Balaban J connectivity index is 2.13. The summed E-state index contributed by atoms with van der Waals surface area (Å²) in [7, 11) is -3.55. The molecule has 0 aliphatic heterocycles. The summed E-state index contributed by atoms with van der Waals surface area (Å²) in [4.78, 5) is 0.183. The monoisotopic (exact) mass is 396 g/mol. The summed E-state index contributed by atoms with van der Waals surface area (Å²) < 4.78 is 33.6. The normalized spacial score (nSPS) is 22.8. The number of sulfonamides is 1. The largest absolute Gasteiger partial charge is 0.452 e. The number of thioether (sulfide) groups is 1. The van der Waals surface area contributed by atoms with Crippen molar-refractivity contribution in [2.45, 2.75) is 48.9 Å². The highest BCUT2D eigenvalue weighted by Gasteiger charge is 2.32. The average molecular weight is 397 g/mol. The fraction of sp³-hybridized carbons (Fsp3) is 0.692. The Kier molecular flexibility index (Phi) is 6.19. The van der Waals surface area contributed by atoms with Gasteiger partial charge in [-0.15, -0.1) is 0 Å². The first-order valence-electron chi connectivity index (χ1n) is 7.02. The topological polar surface area (TPSA) is 71.3 Å². The number of hydrogen-bond acceptors (Lipinski definition) is 5. The third-order valence-electron chi connectivity index (χ3n) is 3.61. The maximum Gasteiger partial charge on any atom is 0.245 e. The highest BCUT2D eigenvalue weighted by Crippen LogP contribution is 2.31. The molecule has 0 aromatic carbocycles. The van der Waals surface area contributed by atoms with E-state index in [2.05, 4.69) is 26.0 Å². The van der Waals surface area contributed by atoms with Crippen molar-refractivity contribution in [2.24, 2.45) is 0 Å². The molecule has 120 valence electrons. The van der Waals surface area contributed by atoms with Gasteiger partial charge in [0.2, 0.25) is 10.0 Å². The quantitative estimate of drug-likeness (QED) is 0.740. The Morgan fingerprint density at radius 1 is 1.48 bits per heavy atom. The van der Waals surface area contributed by atoms with Crippen molar-refractivity contribution in [3.8, 4) is 0 Å². The molecule has 0 amide bonds. The number of hydrogen-bond donors (Lipinski definition) is 2. The van der Waals surface area contributed by atoms with Gasteiger partial charge in [0.15, 0.2) is 4.67 Å². The van der Waals surface area contributed by atoms with Crippen molar-refractivity contribution >= 4 is 37.7 Å². The highest BCUT2D eigenvalue weighted by molar-refractivity contribution is 9.10. The molecule has 1 aromatic heterocycles. The lowest BCUT2D eigenvalue weighted by Crippen LogP contribution is -2.38. The van der Waals surface area contributed by atoms with E-state index in [1.165, 1.54) is 0 Å². The van der Waals surface area contributed by atoms with Gasteiger partial charge in [-0.05, 0) is 41.6 Å². The van der Waals surface area contributed by atoms with Crippen LogP contribution in [-0.2, 0) is 16.6 Å². The van der Waals surface area contributed by atoms with Crippen LogP contribution in [0.1, 0.15) is 31.9 Å². The molecule has 5 nitrogen and oxygen atoms in total. The number of rotatable bonds is 7. The van der Waals surface area contributed by atoms with Crippen LogP contribution in [0.2, 0.25) is 0 Å². The molecule has 8 heteroatoms. The van der Waals surface area contributed by atoms with E-state index in [1.54, 1.807) is 17.8 Å². The predicted octanol–water partition coefficient (Wildman–Crippen LogP) is 2.71. The zero-order valence-corrected chi connectivity index (χ0v) is 15.4. The second kappa shape index (κ2) is 7.50. The smallest absolute Gasteiger partial charge is 0.245 e. The lowest BCUT2D eigenvalue weighted by Gasteiger charge is -2.18. The highest BCUT2D eigenvalue weighted by atomic mass is 79.9. The molecule has 1 aliphatic rings. The summed E-state index contributed by atoms with van der Waals surface area (Å²) >= 11 is 4.93. The SMILES string of the molecule is CCNCc1cc(S(=O)(=O)NC2CCCC2SC)c(Br)o1. The Labute approximate surface area is 138 Å². The summed E-state index contributed by atoms with van der Waals surface area (Å²) in [6.45, 7) is 3.30. The molecule has 1 heterocycles. The Bertz CT molecular complexity index is 574. The third-order valence-corrected chi connectivity index (χ3v) is 7.12. The lowest BCUT2D eigenvalue weighted by atomic mass is 10.3. The maximum atomic E-state index is 12.5. The van der Waals surface area contributed by atoms with Crippen LogP contribution in [-0.4, -0.2) is 32.5 Å². The molecule has 2 rings (SSSR count). The van der Waals surface area contributed by atoms with E-state index >= 15 is 0 Å². The van der Waals surface area contributed by atoms with Crippen molar-refractivity contribution in [1.82, 2.24) is 10.0 Å². The van der Waals surface area contributed by atoms with Crippen LogP contribution in [0.25, 0.3) is 0 Å². The van der Waals surface area contributed by atoms with Crippen LogP contribution in [0.4, 0.5) is 0 Å². The fourth-order valence-electron chi connectivity index (χ4n) is 2.52. The van der Waals surface area contributed by atoms with Crippen LogP contribution in [0.3, 0.4) is 0 Å². The van der Waals surface area contributed by atoms with Gasteiger partial charge in [0.1, 0.15) is 10.7 Å². The molecule has 0 spiro atoms. The van der Waals surface area contributed by atoms with E-state index in [4.69, 9.17) is 4.42 Å². The summed E-state index contributed by atoms with van der Waals surface area (Å²) in [5.74, 6) is 0.608. The van der Waals surface area contributed by atoms with Gasteiger partial charge in [-0.25, -0.2) is 13.1 Å². The summed E-state index contributed by atoms with van der Waals surface area (Å²) in [6, 6.07) is 1.59. The molecule has 2 unspecified atom stereocenters. The molecular formula is C13H21BrN2O3S2. The summed E-state index contributed by atoms with van der Waals surface area (Å²) in [5.41, 5.74) is 0. The van der Waals surface area contributed by atoms with Gasteiger partial charge in [0, 0.05) is 17.4 Å². The first-order chi connectivity index (χ1) is 9.97. The molecule has 1 aliphatic carbocycles. The summed E-state index contributed by atoms with van der Waals surface area (Å²) in [5, 5.41) is 3.47. The molecule has 21 heavy (non-hydrogen) atoms. The van der Waals surface area contributed by atoms with Crippen LogP contribution >= 0.6 is 27.7 Å². The first-order valence-corrected chi connectivity index (χ1v) is 10.6. The first kappa shape index (κ1) is 17.3. The van der Waals surface area contributed by atoms with Crippen molar-refractivity contribution in [3.63, 3.8) is 0 Å². The molecule has 2 atom stereocenters.